The van der Waals surface area contributed by atoms with Gasteiger partial charge >= 0.3 is 0 Å². The highest BCUT2D eigenvalue weighted by atomic mass is 32.2. The van der Waals surface area contributed by atoms with Crippen LogP contribution in [0.15, 0.2) is 89.8 Å². The van der Waals surface area contributed by atoms with Gasteiger partial charge in [-0.1, -0.05) is 42.5 Å². The maximum absolute atomic E-state index is 13.2. The Morgan fingerprint density at radius 2 is 1.56 bits per heavy atom. The normalized spacial score (nSPS) is 15.2. The molecule has 1 heterocycles. The van der Waals surface area contributed by atoms with Gasteiger partial charge in [0.2, 0.25) is 10.0 Å². The van der Waals surface area contributed by atoms with Crippen LogP contribution in [0.3, 0.4) is 0 Å². The molecular formula is C28H31N3O4S. The highest BCUT2D eigenvalue weighted by molar-refractivity contribution is 7.89. The van der Waals surface area contributed by atoms with Crippen LogP contribution in [0.4, 0.5) is 5.69 Å². The summed E-state index contributed by atoms with van der Waals surface area (Å²) in [5, 5.41) is 0. The molecule has 36 heavy (non-hydrogen) atoms. The Hall–Kier alpha value is -3.46. The second-order valence-electron chi connectivity index (χ2n) is 8.66. The molecule has 188 valence electrons. The molecule has 1 aliphatic rings. The topological polar surface area (TPSA) is 70.2 Å². The van der Waals surface area contributed by atoms with Crippen LogP contribution in [-0.2, 0) is 21.4 Å². The second-order valence-corrected chi connectivity index (χ2v) is 10.6. The van der Waals surface area contributed by atoms with Crippen LogP contribution in [0.5, 0.6) is 5.75 Å². The van der Waals surface area contributed by atoms with Crippen LogP contribution in [0.2, 0.25) is 0 Å². The Labute approximate surface area is 213 Å². The number of rotatable bonds is 8. The van der Waals surface area contributed by atoms with E-state index in [1.807, 2.05) is 42.5 Å². The van der Waals surface area contributed by atoms with E-state index in [-0.39, 0.29) is 10.8 Å². The smallest absolute Gasteiger partial charge is 0.250 e. The van der Waals surface area contributed by atoms with Gasteiger partial charge in [0.05, 0.1) is 12.0 Å². The number of hydrogen-bond donors (Lipinski definition) is 0. The zero-order valence-corrected chi connectivity index (χ0v) is 21.4. The number of sulfonamides is 1. The van der Waals surface area contributed by atoms with Crippen molar-refractivity contribution in [2.75, 3.05) is 45.2 Å². The van der Waals surface area contributed by atoms with Gasteiger partial charge < -0.3 is 9.64 Å². The highest BCUT2D eigenvalue weighted by Crippen LogP contribution is 2.22. The van der Waals surface area contributed by atoms with Crippen molar-refractivity contribution in [3.8, 4) is 5.75 Å². The molecule has 1 saturated heterocycles. The molecule has 0 bridgehead atoms. The van der Waals surface area contributed by atoms with Gasteiger partial charge in [-0.05, 0) is 53.6 Å². The monoisotopic (exact) mass is 505 g/mol. The van der Waals surface area contributed by atoms with E-state index >= 15 is 0 Å². The third kappa shape index (κ3) is 6.20. The first-order chi connectivity index (χ1) is 17.4. The van der Waals surface area contributed by atoms with Crippen molar-refractivity contribution in [3.05, 3.63) is 96.1 Å². The predicted octanol–water partition coefficient (Wildman–Crippen LogP) is 3.88. The van der Waals surface area contributed by atoms with Crippen molar-refractivity contribution in [3.63, 3.8) is 0 Å². The summed E-state index contributed by atoms with van der Waals surface area (Å²) in [5.41, 5.74) is 2.72. The molecule has 7 nitrogen and oxygen atoms in total. The number of ether oxygens (including phenoxy) is 1. The zero-order chi connectivity index (χ0) is 25.5. The van der Waals surface area contributed by atoms with Gasteiger partial charge in [0.15, 0.2) is 0 Å². The van der Waals surface area contributed by atoms with E-state index in [9.17, 15) is 13.2 Å². The molecule has 1 aliphatic heterocycles. The summed E-state index contributed by atoms with van der Waals surface area (Å²) >= 11 is 0. The van der Waals surface area contributed by atoms with Crippen molar-refractivity contribution in [2.45, 2.75) is 11.4 Å². The molecule has 0 saturated carbocycles. The number of nitrogens with zero attached hydrogens (tertiary/aromatic N) is 3. The number of benzene rings is 3. The molecular weight excluding hydrogens is 474 g/mol. The number of amides is 1. The Bertz CT molecular complexity index is 1280. The Kier molecular flexibility index (Phi) is 8.20. The third-order valence-electron chi connectivity index (χ3n) is 6.31. The van der Waals surface area contributed by atoms with E-state index in [1.54, 1.807) is 44.5 Å². The van der Waals surface area contributed by atoms with Crippen molar-refractivity contribution < 1.29 is 17.9 Å². The lowest BCUT2D eigenvalue weighted by molar-refractivity contribution is -0.113. The van der Waals surface area contributed by atoms with E-state index in [4.69, 9.17) is 4.74 Å². The number of hydrogen-bond acceptors (Lipinski definition) is 5. The molecule has 0 radical (unpaired) electrons. The zero-order valence-electron chi connectivity index (χ0n) is 20.6. The van der Waals surface area contributed by atoms with Gasteiger partial charge in [-0.15, -0.1) is 0 Å². The van der Waals surface area contributed by atoms with E-state index in [0.29, 0.717) is 31.9 Å². The molecule has 0 unspecified atom stereocenters. The summed E-state index contributed by atoms with van der Waals surface area (Å²) in [5.74, 6) is 0.538. The maximum atomic E-state index is 13.2. The molecule has 1 amide bonds. The minimum Gasteiger partial charge on any atom is -0.497 e. The molecule has 8 heteroatoms. The molecule has 0 N–H and O–H groups in total. The minimum absolute atomic E-state index is 0.212. The first-order valence-corrected chi connectivity index (χ1v) is 13.3. The lowest BCUT2D eigenvalue weighted by Gasteiger charge is -2.34. The van der Waals surface area contributed by atoms with Gasteiger partial charge in [0.25, 0.3) is 5.91 Å². The number of anilines is 1. The average molecular weight is 506 g/mol. The number of methoxy groups -OCH3 is 1. The third-order valence-corrected chi connectivity index (χ3v) is 8.22. The quantitative estimate of drug-likeness (QED) is 0.435. The Balaban J connectivity index is 1.35. The molecule has 0 aromatic heterocycles. The first kappa shape index (κ1) is 25.6. The van der Waals surface area contributed by atoms with Crippen LogP contribution in [0.1, 0.15) is 11.1 Å². The number of carbonyl (C=O) groups excluding carboxylic acids is 1. The predicted molar refractivity (Wildman–Crippen MR) is 142 cm³/mol. The maximum Gasteiger partial charge on any atom is 0.250 e. The molecule has 0 atom stereocenters. The fourth-order valence-corrected chi connectivity index (χ4v) is 5.50. The minimum atomic E-state index is -3.59. The molecule has 4 rings (SSSR count). The highest BCUT2D eigenvalue weighted by Gasteiger charge is 2.28. The molecule has 3 aromatic carbocycles. The fraction of sp³-hybridized carbons (Fsp3) is 0.250. The van der Waals surface area contributed by atoms with Gasteiger partial charge in [0.1, 0.15) is 5.75 Å². The van der Waals surface area contributed by atoms with Gasteiger partial charge in [-0.3, -0.25) is 9.69 Å². The summed E-state index contributed by atoms with van der Waals surface area (Å²) in [6.07, 6.45) is 3.22. The summed E-state index contributed by atoms with van der Waals surface area (Å²) in [4.78, 5) is 16.6. The van der Waals surface area contributed by atoms with E-state index in [1.165, 1.54) is 20.8 Å². The largest absolute Gasteiger partial charge is 0.497 e. The van der Waals surface area contributed by atoms with Crippen LogP contribution >= 0.6 is 0 Å². The number of carbonyl (C=O) groups is 1. The lowest BCUT2D eigenvalue weighted by atomic mass is 10.2. The molecule has 1 fully saturated rings. The molecule has 3 aromatic rings. The summed E-state index contributed by atoms with van der Waals surface area (Å²) in [6.45, 7) is 3.08. The second kappa shape index (κ2) is 11.5. The van der Waals surface area contributed by atoms with Gasteiger partial charge in [0, 0.05) is 51.5 Å². The Morgan fingerprint density at radius 3 is 2.17 bits per heavy atom. The Morgan fingerprint density at radius 1 is 0.917 bits per heavy atom. The molecule has 0 spiro atoms. The summed E-state index contributed by atoms with van der Waals surface area (Å²) < 4.78 is 33.0. The van der Waals surface area contributed by atoms with Crippen molar-refractivity contribution in [1.82, 2.24) is 9.21 Å². The molecule has 0 aliphatic carbocycles. The van der Waals surface area contributed by atoms with Gasteiger partial charge in [-0.2, -0.15) is 4.31 Å². The number of piperazine rings is 1. The van der Waals surface area contributed by atoms with Crippen LogP contribution < -0.4 is 9.64 Å². The van der Waals surface area contributed by atoms with Gasteiger partial charge in [-0.25, -0.2) is 8.42 Å². The van der Waals surface area contributed by atoms with Crippen LogP contribution in [0, 0.1) is 0 Å². The lowest BCUT2D eigenvalue weighted by Crippen LogP contribution is -2.48. The first-order valence-electron chi connectivity index (χ1n) is 11.8. The fourth-order valence-electron chi connectivity index (χ4n) is 4.08. The van der Waals surface area contributed by atoms with Crippen LogP contribution in [0.25, 0.3) is 6.08 Å². The van der Waals surface area contributed by atoms with Crippen molar-refractivity contribution >= 4 is 27.7 Å². The van der Waals surface area contributed by atoms with E-state index in [2.05, 4.69) is 17.0 Å². The van der Waals surface area contributed by atoms with Crippen molar-refractivity contribution in [1.29, 1.82) is 0 Å². The standard InChI is InChI=1S/C28H31N3O4S/c1-29(28(32)17-10-23-8-13-26(35-2)14-9-23)25-11-15-27(16-12-25)36(33,34)31-20-18-30(19-21-31)22-24-6-4-3-5-7-24/h3-17H,18-22H2,1-2H3/b17-10+. The summed E-state index contributed by atoms with van der Waals surface area (Å²) in [7, 11) is -0.327. The SMILES string of the molecule is COc1ccc(/C=C/C(=O)N(C)c2ccc(S(=O)(=O)N3CCN(Cc4ccccc4)CC3)cc2)cc1. The average Bonchev–Trinajstić information content (AvgIpc) is 2.92. The van der Waals surface area contributed by atoms with Crippen molar-refractivity contribution in [2.24, 2.45) is 0 Å². The van der Waals surface area contributed by atoms with E-state index < -0.39 is 10.0 Å². The summed E-state index contributed by atoms with van der Waals surface area (Å²) in [6, 6.07) is 24.0. The van der Waals surface area contributed by atoms with Crippen LogP contribution in [-0.4, -0.2) is 63.9 Å². The number of likely N-dealkylation sites (N-methyl/N-ethyl adjacent to an activating group) is 1. The van der Waals surface area contributed by atoms with E-state index in [0.717, 1.165) is 17.9 Å².